The third-order valence-electron chi connectivity index (χ3n) is 5.44. The highest BCUT2D eigenvalue weighted by Gasteiger charge is 2.19. The van der Waals surface area contributed by atoms with Gasteiger partial charge in [-0.15, -0.1) is 0 Å². The van der Waals surface area contributed by atoms with Crippen LogP contribution >= 0.6 is 27.7 Å². The number of anilines is 1. The van der Waals surface area contributed by atoms with Gasteiger partial charge in [0.15, 0.2) is 6.61 Å². The molecule has 36 heavy (non-hydrogen) atoms. The van der Waals surface area contributed by atoms with E-state index in [1.54, 1.807) is 55.3 Å². The fourth-order valence-corrected chi connectivity index (χ4v) is 4.74. The third-order valence-corrected chi connectivity index (χ3v) is 6.98. The second kappa shape index (κ2) is 10.00. The first-order chi connectivity index (χ1) is 17.4. The lowest BCUT2D eigenvalue weighted by Crippen LogP contribution is -2.21. The summed E-state index contributed by atoms with van der Waals surface area (Å²) >= 11 is 5.03. The van der Waals surface area contributed by atoms with Gasteiger partial charge >= 0.3 is 5.97 Å². The minimum Gasteiger partial charge on any atom is -0.451 e. The van der Waals surface area contributed by atoms with Crippen LogP contribution in [-0.4, -0.2) is 32.4 Å². The predicted octanol–water partition coefficient (Wildman–Crippen LogP) is 4.90. The lowest BCUT2D eigenvalue weighted by Gasteiger charge is -2.08. The molecule has 5 rings (SSSR count). The van der Waals surface area contributed by atoms with E-state index < -0.39 is 18.5 Å². The molecule has 5 aromatic rings. The molecule has 0 saturated heterocycles. The normalized spacial score (nSPS) is 11.1. The lowest BCUT2D eigenvalue weighted by molar-refractivity contribution is -0.119. The second-order valence-electron chi connectivity index (χ2n) is 7.88. The molecule has 0 aliphatic heterocycles. The zero-order chi connectivity index (χ0) is 25.2. The minimum absolute atomic E-state index is 0.132. The molecule has 180 valence electrons. The summed E-state index contributed by atoms with van der Waals surface area (Å²) in [6.45, 7) is -0.468. The molecule has 0 spiro atoms. The number of hydrogen-bond acceptors (Lipinski definition) is 6. The van der Waals surface area contributed by atoms with E-state index in [0.717, 1.165) is 14.3 Å². The Morgan fingerprint density at radius 3 is 2.44 bits per heavy atom. The maximum absolute atomic E-state index is 12.8. The van der Waals surface area contributed by atoms with E-state index in [1.807, 2.05) is 36.4 Å². The number of carbonyl (C=O) groups excluding carboxylic acids is 2. The molecule has 1 amide bonds. The fraction of sp³-hybridized carbons (Fsp3) is 0.0769. The van der Waals surface area contributed by atoms with Crippen LogP contribution in [0.5, 0.6) is 0 Å². The van der Waals surface area contributed by atoms with Crippen molar-refractivity contribution >= 4 is 61.9 Å². The Morgan fingerprint density at radius 1 is 1.03 bits per heavy atom. The van der Waals surface area contributed by atoms with Gasteiger partial charge in [-0.2, -0.15) is 0 Å². The summed E-state index contributed by atoms with van der Waals surface area (Å²) in [4.78, 5) is 44.4. The Kier molecular flexibility index (Phi) is 6.62. The summed E-state index contributed by atoms with van der Waals surface area (Å²) in [5, 5.41) is 3.01. The Morgan fingerprint density at radius 2 is 1.72 bits per heavy atom. The van der Waals surface area contributed by atoms with Gasteiger partial charge in [0, 0.05) is 33.2 Å². The van der Waals surface area contributed by atoms with Gasteiger partial charge in [-0.25, -0.2) is 9.78 Å². The topological polar surface area (TPSA) is 94.7 Å². The van der Waals surface area contributed by atoms with Crippen LogP contribution in [0.1, 0.15) is 10.5 Å². The lowest BCUT2D eigenvalue weighted by atomic mass is 10.3. The number of aryl methyl sites for hydroxylation is 1. The first-order valence-electron chi connectivity index (χ1n) is 10.9. The maximum Gasteiger partial charge on any atom is 0.355 e. The van der Waals surface area contributed by atoms with E-state index in [2.05, 4.69) is 26.2 Å². The number of halogens is 1. The molecular formula is C26H19BrN4O4S. The van der Waals surface area contributed by atoms with Gasteiger partial charge in [0.25, 0.3) is 11.5 Å². The number of nitrogens with one attached hydrogen (secondary N) is 1. The van der Waals surface area contributed by atoms with Crippen LogP contribution < -0.4 is 10.9 Å². The number of aromatic nitrogens is 3. The number of pyridine rings is 1. The minimum atomic E-state index is -0.722. The average Bonchev–Trinajstić information content (AvgIpc) is 3.22. The first-order valence-corrected chi connectivity index (χ1v) is 12.5. The van der Waals surface area contributed by atoms with Crippen LogP contribution in [0.25, 0.3) is 16.7 Å². The molecule has 8 nitrogen and oxygen atoms in total. The van der Waals surface area contributed by atoms with E-state index in [0.29, 0.717) is 22.4 Å². The highest BCUT2D eigenvalue weighted by molar-refractivity contribution is 9.10. The van der Waals surface area contributed by atoms with Gasteiger partial charge in [0.1, 0.15) is 17.0 Å². The number of rotatable bonds is 6. The molecule has 10 heteroatoms. The molecule has 1 N–H and O–H groups in total. The smallest absolute Gasteiger partial charge is 0.355 e. The van der Waals surface area contributed by atoms with Crippen LogP contribution in [0.15, 0.2) is 98.1 Å². The van der Waals surface area contributed by atoms with Crippen molar-refractivity contribution in [3.8, 4) is 0 Å². The summed E-state index contributed by atoms with van der Waals surface area (Å²) in [5.41, 5.74) is 1.27. The SMILES string of the molecule is Cn1c(C(=O)OCC(=O)Nc2ccc(Sc3ccc(Br)cc3)cc2)cc2c(=O)n3ccccc3nc21. The maximum atomic E-state index is 12.8. The van der Waals surface area contributed by atoms with Crippen LogP contribution in [0, 0.1) is 0 Å². The van der Waals surface area contributed by atoms with Crippen molar-refractivity contribution in [3.05, 3.63) is 99.5 Å². The molecule has 0 fully saturated rings. The number of carbonyl (C=O) groups is 2. The van der Waals surface area contributed by atoms with Gasteiger partial charge in [-0.05, 0) is 66.7 Å². The Labute approximate surface area is 218 Å². The molecule has 0 saturated carbocycles. The van der Waals surface area contributed by atoms with Crippen LogP contribution in [0.2, 0.25) is 0 Å². The molecule has 0 unspecified atom stereocenters. The summed E-state index contributed by atoms with van der Waals surface area (Å²) in [7, 11) is 1.62. The summed E-state index contributed by atoms with van der Waals surface area (Å²) in [5.74, 6) is -1.19. The van der Waals surface area contributed by atoms with Crippen LogP contribution in [0.4, 0.5) is 5.69 Å². The second-order valence-corrected chi connectivity index (χ2v) is 9.94. The van der Waals surface area contributed by atoms with E-state index in [4.69, 9.17) is 4.74 Å². The monoisotopic (exact) mass is 562 g/mol. The number of hydrogen-bond donors (Lipinski definition) is 1. The van der Waals surface area contributed by atoms with E-state index in [1.165, 1.54) is 15.0 Å². The quantitative estimate of drug-likeness (QED) is 0.296. The molecule has 0 radical (unpaired) electrons. The largest absolute Gasteiger partial charge is 0.451 e. The molecule has 0 aliphatic carbocycles. The molecule has 0 atom stereocenters. The average molecular weight is 563 g/mol. The Hall–Kier alpha value is -3.89. The van der Waals surface area contributed by atoms with Gasteiger partial charge in [-0.1, -0.05) is 33.8 Å². The van der Waals surface area contributed by atoms with Crippen LogP contribution in [0.3, 0.4) is 0 Å². The molecule has 3 aromatic heterocycles. The predicted molar refractivity (Wildman–Crippen MR) is 142 cm³/mol. The van der Waals surface area contributed by atoms with Crippen molar-refractivity contribution in [3.63, 3.8) is 0 Å². The van der Waals surface area contributed by atoms with Crippen molar-refractivity contribution < 1.29 is 14.3 Å². The summed E-state index contributed by atoms with van der Waals surface area (Å²) in [6, 6.07) is 22.0. The zero-order valence-electron chi connectivity index (χ0n) is 19.0. The number of ether oxygens (including phenoxy) is 1. The number of benzene rings is 2. The molecule has 0 aliphatic rings. The number of fused-ring (bicyclic) bond motifs is 2. The van der Waals surface area contributed by atoms with Gasteiger partial charge < -0.3 is 14.6 Å². The number of amides is 1. The van der Waals surface area contributed by atoms with Crippen molar-refractivity contribution in [2.45, 2.75) is 9.79 Å². The number of esters is 1. The van der Waals surface area contributed by atoms with Crippen LogP contribution in [-0.2, 0) is 16.6 Å². The summed E-state index contributed by atoms with van der Waals surface area (Å²) < 4.78 is 9.13. The van der Waals surface area contributed by atoms with E-state index >= 15 is 0 Å². The summed E-state index contributed by atoms with van der Waals surface area (Å²) in [6.07, 6.45) is 1.62. The highest BCUT2D eigenvalue weighted by Crippen LogP contribution is 2.29. The van der Waals surface area contributed by atoms with Crippen molar-refractivity contribution in [2.75, 3.05) is 11.9 Å². The van der Waals surface area contributed by atoms with E-state index in [-0.39, 0.29) is 11.3 Å². The molecule has 0 bridgehead atoms. The van der Waals surface area contributed by atoms with Gasteiger partial charge in [0.2, 0.25) is 0 Å². The first kappa shape index (κ1) is 23.8. The van der Waals surface area contributed by atoms with Gasteiger partial charge in [0.05, 0.1) is 5.39 Å². The third kappa shape index (κ3) is 4.91. The Bertz CT molecular complexity index is 1660. The van der Waals surface area contributed by atoms with E-state index in [9.17, 15) is 14.4 Å². The molecule has 2 aromatic carbocycles. The van der Waals surface area contributed by atoms with Crippen molar-refractivity contribution in [2.24, 2.45) is 7.05 Å². The highest BCUT2D eigenvalue weighted by atomic mass is 79.9. The number of nitrogens with zero attached hydrogens (tertiary/aromatic N) is 3. The van der Waals surface area contributed by atoms with Gasteiger partial charge in [-0.3, -0.25) is 14.0 Å². The standard InChI is InChI=1S/C26H19BrN4O4S/c1-30-21(14-20-24(30)29-22-4-2-3-13-31(22)25(20)33)26(34)35-15-23(32)28-17-7-11-19(12-8-17)36-18-9-5-16(27)6-10-18/h2-14H,15H2,1H3,(H,28,32). The molecular weight excluding hydrogens is 544 g/mol. The van der Waals surface area contributed by atoms with Crippen molar-refractivity contribution in [1.29, 1.82) is 0 Å². The van der Waals surface area contributed by atoms with Crippen molar-refractivity contribution in [1.82, 2.24) is 14.0 Å². The fourth-order valence-electron chi connectivity index (χ4n) is 3.66. The Balaban J connectivity index is 1.22. The molecule has 3 heterocycles. The zero-order valence-corrected chi connectivity index (χ0v) is 21.4.